The minimum Gasteiger partial charge on any atom is -0.350 e. The van der Waals surface area contributed by atoms with E-state index in [0.29, 0.717) is 32.2 Å². The molecule has 2 aliphatic heterocycles. The maximum Gasteiger partial charge on any atom is 0.242 e. The van der Waals surface area contributed by atoms with Crippen LogP contribution in [0.15, 0.2) is 29.2 Å². The maximum atomic E-state index is 12.3. The molecule has 1 N–H and O–H groups in total. The van der Waals surface area contributed by atoms with Crippen LogP contribution in [-0.4, -0.2) is 58.4 Å². The smallest absolute Gasteiger partial charge is 0.242 e. The van der Waals surface area contributed by atoms with Crippen molar-refractivity contribution in [2.75, 3.05) is 32.8 Å². The molecule has 0 unspecified atom stereocenters. The fraction of sp³-hybridized carbons (Fsp3) is 0.588. The van der Waals surface area contributed by atoms with E-state index in [4.69, 9.17) is 21.1 Å². The van der Waals surface area contributed by atoms with Gasteiger partial charge in [-0.2, -0.15) is 0 Å². The highest BCUT2D eigenvalue weighted by atomic mass is 35.5. The molecular formula is C17H23ClN2O5S. The van der Waals surface area contributed by atoms with Crippen molar-refractivity contribution in [3.8, 4) is 0 Å². The van der Waals surface area contributed by atoms with E-state index in [0.717, 1.165) is 12.8 Å². The Kier molecular flexibility index (Phi) is 6.52. The Bertz CT molecular complexity index is 728. The van der Waals surface area contributed by atoms with E-state index in [1.54, 1.807) is 17.0 Å². The summed E-state index contributed by atoms with van der Waals surface area (Å²) in [6, 6.07) is 6.22. The van der Waals surface area contributed by atoms with Gasteiger partial charge in [-0.3, -0.25) is 4.79 Å². The number of ether oxygens (including phenoxy) is 2. The summed E-state index contributed by atoms with van der Waals surface area (Å²) in [5.41, 5.74) is 0. The van der Waals surface area contributed by atoms with E-state index < -0.39 is 10.0 Å². The highest BCUT2D eigenvalue weighted by Gasteiger charge is 2.31. The van der Waals surface area contributed by atoms with Crippen LogP contribution in [0.2, 0.25) is 5.02 Å². The lowest BCUT2D eigenvalue weighted by atomic mass is 9.96. The number of carbonyl (C=O) groups is 1. The second-order valence-corrected chi connectivity index (χ2v) is 8.55. The third kappa shape index (κ3) is 4.75. The summed E-state index contributed by atoms with van der Waals surface area (Å²) in [5.74, 6) is 0.263. The van der Waals surface area contributed by atoms with E-state index >= 15 is 0 Å². The monoisotopic (exact) mass is 402 g/mol. The van der Waals surface area contributed by atoms with Crippen molar-refractivity contribution in [3.63, 3.8) is 0 Å². The first-order chi connectivity index (χ1) is 12.5. The van der Waals surface area contributed by atoms with Gasteiger partial charge in [0.05, 0.1) is 18.2 Å². The van der Waals surface area contributed by atoms with E-state index in [9.17, 15) is 13.2 Å². The third-order valence-electron chi connectivity index (χ3n) is 4.68. The fourth-order valence-corrected chi connectivity index (χ4v) is 4.81. The number of piperidine rings is 1. The Morgan fingerprint density at radius 2 is 1.85 bits per heavy atom. The molecule has 9 heteroatoms. The first kappa shape index (κ1) is 19.6. The van der Waals surface area contributed by atoms with E-state index in [1.165, 1.54) is 12.1 Å². The SMILES string of the molecule is O=C(CCNS(=O)(=O)c1ccccc1Cl)N1CCC(C2OCCO2)CC1. The van der Waals surface area contributed by atoms with Gasteiger partial charge in [0.25, 0.3) is 0 Å². The molecule has 0 atom stereocenters. The van der Waals surface area contributed by atoms with Crippen LogP contribution in [0, 0.1) is 5.92 Å². The van der Waals surface area contributed by atoms with Gasteiger partial charge in [-0.25, -0.2) is 13.1 Å². The van der Waals surface area contributed by atoms with Crippen LogP contribution in [0.25, 0.3) is 0 Å². The Hall–Kier alpha value is -1.19. The minimum atomic E-state index is -3.72. The lowest BCUT2D eigenvalue weighted by molar-refractivity contribution is -0.136. The first-order valence-electron chi connectivity index (χ1n) is 8.72. The molecule has 0 saturated carbocycles. The van der Waals surface area contributed by atoms with Crippen molar-refractivity contribution in [2.45, 2.75) is 30.4 Å². The number of halogens is 1. The number of nitrogens with zero attached hydrogens (tertiary/aromatic N) is 1. The second-order valence-electron chi connectivity index (χ2n) is 6.41. The van der Waals surface area contributed by atoms with Crippen LogP contribution in [0.3, 0.4) is 0 Å². The molecule has 3 rings (SSSR count). The average Bonchev–Trinajstić information content (AvgIpc) is 3.16. The summed E-state index contributed by atoms with van der Waals surface area (Å²) < 4.78 is 38.0. The van der Waals surface area contributed by atoms with Gasteiger partial charge in [0.15, 0.2) is 6.29 Å². The summed E-state index contributed by atoms with van der Waals surface area (Å²) in [7, 11) is -3.72. The second kappa shape index (κ2) is 8.67. The maximum absolute atomic E-state index is 12.3. The predicted octanol–water partition coefficient (Wildman–Crippen LogP) is 1.62. The van der Waals surface area contributed by atoms with Crippen molar-refractivity contribution in [1.29, 1.82) is 0 Å². The number of likely N-dealkylation sites (tertiary alicyclic amines) is 1. The van der Waals surface area contributed by atoms with Crippen molar-refractivity contribution >= 4 is 27.5 Å². The zero-order valence-electron chi connectivity index (χ0n) is 14.4. The van der Waals surface area contributed by atoms with E-state index in [1.807, 2.05) is 0 Å². The summed E-state index contributed by atoms with van der Waals surface area (Å²) in [5, 5.41) is 0.157. The zero-order chi connectivity index (χ0) is 18.6. The van der Waals surface area contributed by atoms with E-state index in [-0.39, 0.29) is 35.1 Å². The van der Waals surface area contributed by atoms with Crippen LogP contribution in [0.1, 0.15) is 19.3 Å². The summed E-state index contributed by atoms with van der Waals surface area (Å²) >= 11 is 5.92. The van der Waals surface area contributed by atoms with Crippen LogP contribution >= 0.6 is 11.6 Å². The average molecular weight is 403 g/mol. The number of sulfonamides is 1. The van der Waals surface area contributed by atoms with Gasteiger partial charge in [0, 0.05) is 32.0 Å². The molecule has 2 saturated heterocycles. The number of nitrogens with one attached hydrogen (secondary N) is 1. The molecule has 1 amide bonds. The molecule has 1 aromatic carbocycles. The molecule has 26 heavy (non-hydrogen) atoms. The summed E-state index contributed by atoms with van der Waals surface area (Å²) in [6.45, 7) is 2.60. The quantitative estimate of drug-likeness (QED) is 0.781. The summed E-state index contributed by atoms with van der Waals surface area (Å²) in [6.07, 6.45) is 1.64. The minimum absolute atomic E-state index is 0.0199. The highest BCUT2D eigenvalue weighted by molar-refractivity contribution is 7.89. The van der Waals surface area contributed by atoms with Crippen molar-refractivity contribution in [3.05, 3.63) is 29.3 Å². The number of hydrogen-bond donors (Lipinski definition) is 1. The van der Waals surface area contributed by atoms with E-state index in [2.05, 4.69) is 4.72 Å². The molecule has 0 radical (unpaired) electrons. The van der Waals surface area contributed by atoms with Gasteiger partial charge >= 0.3 is 0 Å². The highest BCUT2D eigenvalue weighted by Crippen LogP contribution is 2.26. The number of benzene rings is 1. The largest absolute Gasteiger partial charge is 0.350 e. The Balaban J connectivity index is 1.44. The topological polar surface area (TPSA) is 84.9 Å². The number of hydrogen-bond acceptors (Lipinski definition) is 5. The standard InChI is InChI=1S/C17H23ClN2O5S/c18-14-3-1-2-4-15(14)26(22,23)19-8-5-16(21)20-9-6-13(7-10-20)17-24-11-12-25-17/h1-4,13,17,19H,5-12H2. The van der Waals surface area contributed by atoms with Gasteiger partial charge in [-0.05, 0) is 25.0 Å². The van der Waals surface area contributed by atoms with Crippen molar-refractivity contribution < 1.29 is 22.7 Å². The molecule has 2 aliphatic rings. The number of carbonyl (C=O) groups excluding carboxylic acids is 1. The lowest BCUT2D eigenvalue weighted by Gasteiger charge is -2.33. The first-order valence-corrected chi connectivity index (χ1v) is 10.6. The van der Waals surface area contributed by atoms with Crippen molar-refractivity contribution in [1.82, 2.24) is 9.62 Å². The Labute approximate surface area is 158 Å². The Morgan fingerprint density at radius 1 is 1.19 bits per heavy atom. The van der Waals surface area contributed by atoms with Gasteiger partial charge in [0.2, 0.25) is 15.9 Å². The molecule has 2 fully saturated rings. The normalized spacial score (nSPS) is 19.8. The molecule has 0 aliphatic carbocycles. The fourth-order valence-electron chi connectivity index (χ4n) is 3.26. The number of amides is 1. The van der Waals surface area contributed by atoms with Gasteiger partial charge < -0.3 is 14.4 Å². The van der Waals surface area contributed by atoms with Crippen molar-refractivity contribution in [2.24, 2.45) is 5.92 Å². The molecule has 0 aromatic heterocycles. The van der Waals surface area contributed by atoms with Crippen LogP contribution in [0.5, 0.6) is 0 Å². The number of rotatable bonds is 6. The molecule has 0 bridgehead atoms. The van der Waals surface area contributed by atoms with Crippen LogP contribution < -0.4 is 4.72 Å². The molecule has 144 valence electrons. The lowest BCUT2D eigenvalue weighted by Crippen LogP contribution is -2.42. The molecular weight excluding hydrogens is 380 g/mol. The molecule has 1 aromatic rings. The predicted molar refractivity (Wildman–Crippen MR) is 96.3 cm³/mol. The van der Waals surface area contributed by atoms with Crippen LogP contribution in [-0.2, 0) is 24.3 Å². The van der Waals surface area contributed by atoms with Gasteiger partial charge in [-0.15, -0.1) is 0 Å². The molecule has 2 heterocycles. The zero-order valence-corrected chi connectivity index (χ0v) is 16.0. The third-order valence-corrected chi connectivity index (χ3v) is 6.64. The van der Waals surface area contributed by atoms with Gasteiger partial charge in [-0.1, -0.05) is 23.7 Å². The summed E-state index contributed by atoms with van der Waals surface area (Å²) in [4.78, 5) is 14.1. The molecule has 0 spiro atoms. The molecule has 7 nitrogen and oxygen atoms in total. The Morgan fingerprint density at radius 3 is 2.50 bits per heavy atom. The van der Waals surface area contributed by atoms with Gasteiger partial charge in [0.1, 0.15) is 4.90 Å². The van der Waals surface area contributed by atoms with Crippen LogP contribution in [0.4, 0.5) is 0 Å².